The molecule has 1 saturated carbocycles. The lowest BCUT2D eigenvalue weighted by Crippen LogP contribution is -2.60. The molecule has 19 heavy (non-hydrogen) atoms. The largest absolute Gasteiger partial charge is 0.398 e. The molecule has 0 saturated heterocycles. The number of anilines is 1. The first-order valence-corrected chi connectivity index (χ1v) is 7.26. The third kappa shape index (κ3) is 1.96. The molecule has 2 N–H and O–H groups in total. The highest BCUT2D eigenvalue weighted by atomic mass is 16.5. The third-order valence-electron chi connectivity index (χ3n) is 4.98. The summed E-state index contributed by atoms with van der Waals surface area (Å²) in [7, 11) is 0. The maximum absolute atomic E-state index is 6.08. The highest BCUT2D eigenvalue weighted by Gasteiger charge is 2.52. The number of nitrogens with two attached hydrogens (primary N) is 1. The standard InChI is InChI=1S/C16H24N2O/c1-4-19-15-8-14(16(15,2)3)18-9-11-6-5-7-13(17)12(11)10-18/h5-7,14-15H,4,8-10,17H2,1-3H3. The van der Waals surface area contributed by atoms with Crippen LogP contribution >= 0.6 is 0 Å². The molecule has 2 atom stereocenters. The van der Waals surface area contributed by atoms with Crippen LogP contribution in [0.25, 0.3) is 0 Å². The number of ether oxygens (including phenoxy) is 1. The fourth-order valence-electron chi connectivity index (χ4n) is 3.66. The van der Waals surface area contributed by atoms with E-state index < -0.39 is 0 Å². The molecule has 104 valence electrons. The van der Waals surface area contributed by atoms with Crippen molar-refractivity contribution < 1.29 is 4.74 Å². The van der Waals surface area contributed by atoms with Crippen LogP contribution < -0.4 is 5.73 Å². The second-order valence-electron chi connectivity index (χ2n) is 6.41. The summed E-state index contributed by atoms with van der Waals surface area (Å²) in [6, 6.07) is 6.89. The van der Waals surface area contributed by atoms with Crippen LogP contribution in [0.15, 0.2) is 18.2 Å². The minimum atomic E-state index is 0.243. The van der Waals surface area contributed by atoms with Gasteiger partial charge in [-0.05, 0) is 30.5 Å². The second kappa shape index (κ2) is 4.50. The predicted octanol–water partition coefficient (Wildman–Crippen LogP) is 2.79. The molecule has 3 nitrogen and oxygen atoms in total. The molecule has 2 unspecified atom stereocenters. The van der Waals surface area contributed by atoms with Crippen LogP contribution in [0.1, 0.15) is 38.3 Å². The van der Waals surface area contributed by atoms with Crippen molar-refractivity contribution in [3.05, 3.63) is 29.3 Å². The Morgan fingerprint density at radius 2 is 2.16 bits per heavy atom. The van der Waals surface area contributed by atoms with Gasteiger partial charge in [0.15, 0.2) is 0 Å². The number of nitrogen functional groups attached to an aromatic ring is 1. The van der Waals surface area contributed by atoms with Crippen LogP contribution in [0.4, 0.5) is 5.69 Å². The number of hydrogen-bond acceptors (Lipinski definition) is 3. The second-order valence-corrected chi connectivity index (χ2v) is 6.41. The van der Waals surface area contributed by atoms with E-state index in [9.17, 15) is 0 Å². The van der Waals surface area contributed by atoms with Crippen molar-refractivity contribution in [2.75, 3.05) is 12.3 Å². The van der Waals surface area contributed by atoms with E-state index in [1.165, 1.54) is 11.1 Å². The molecule has 0 amide bonds. The van der Waals surface area contributed by atoms with Crippen molar-refractivity contribution in [1.29, 1.82) is 0 Å². The third-order valence-corrected chi connectivity index (χ3v) is 4.98. The Kier molecular flexibility index (Phi) is 3.06. The van der Waals surface area contributed by atoms with E-state index in [2.05, 4.69) is 37.8 Å². The molecule has 0 bridgehead atoms. The van der Waals surface area contributed by atoms with E-state index in [1.54, 1.807) is 0 Å². The van der Waals surface area contributed by atoms with Crippen LogP contribution in [0.3, 0.4) is 0 Å². The lowest BCUT2D eigenvalue weighted by atomic mass is 9.63. The van der Waals surface area contributed by atoms with Crippen LogP contribution in [0.2, 0.25) is 0 Å². The van der Waals surface area contributed by atoms with Crippen LogP contribution in [0, 0.1) is 5.41 Å². The van der Waals surface area contributed by atoms with Crippen molar-refractivity contribution in [1.82, 2.24) is 4.90 Å². The Morgan fingerprint density at radius 3 is 2.79 bits per heavy atom. The Balaban J connectivity index is 1.73. The van der Waals surface area contributed by atoms with Crippen LogP contribution in [0.5, 0.6) is 0 Å². The molecule has 1 aromatic rings. The Labute approximate surface area is 115 Å². The van der Waals surface area contributed by atoms with Gasteiger partial charge in [-0.1, -0.05) is 26.0 Å². The molecule has 0 spiro atoms. The zero-order chi connectivity index (χ0) is 13.6. The average Bonchev–Trinajstić information content (AvgIpc) is 2.78. The molecule has 1 aliphatic carbocycles. The number of rotatable bonds is 3. The number of hydrogen-bond donors (Lipinski definition) is 1. The SMILES string of the molecule is CCOC1CC(N2Cc3cccc(N)c3C2)C1(C)C. The first-order chi connectivity index (χ1) is 9.04. The van der Waals surface area contributed by atoms with Gasteiger partial charge >= 0.3 is 0 Å². The van der Waals surface area contributed by atoms with Gasteiger partial charge < -0.3 is 10.5 Å². The Hall–Kier alpha value is -1.06. The molecule has 1 fully saturated rings. The van der Waals surface area contributed by atoms with E-state index in [-0.39, 0.29) is 5.41 Å². The van der Waals surface area contributed by atoms with Crippen molar-refractivity contribution in [2.45, 2.75) is 52.4 Å². The topological polar surface area (TPSA) is 38.5 Å². The molecule has 1 aromatic carbocycles. The Bertz CT molecular complexity index is 484. The normalized spacial score (nSPS) is 29.0. The first kappa shape index (κ1) is 12.9. The molecule has 3 heteroatoms. The fourth-order valence-corrected chi connectivity index (χ4v) is 3.66. The summed E-state index contributed by atoms with van der Waals surface area (Å²) in [6.07, 6.45) is 1.55. The van der Waals surface area contributed by atoms with Gasteiger partial charge in [-0.3, -0.25) is 4.90 Å². The summed E-state index contributed by atoms with van der Waals surface area (Å²) < 4.78 is 5.83. The molecule has 2 aliphatic rings. The van der Waals surface area contributed by atoms with E-state index in [0.29, 0.717) is 12.1 Å². The lowest BCUT2D eigenvalue weighted by Gasteiger charge is -2.55. The molecule has 0 radical (unpaired) electrons. The zero-order valence-electron chi connectivity index (χ0n) is 12.1. The van der Waals surface area contributed by atoms with E-state index >= 15 is 0 Å². The van der Waals surface area contributed by atoms with Crippen molar-refractivity contribution in [3.63, 3.8) is 0 Å². The quantitative estimate of drug-likeness (QED) is 0.849. The maximum Gasteiger partial charge on any atom is 0.0655 e. The summed E-state index contributed by atoms with van der Waals surface area (Å²) in [5, 5.41) is 0. The van der Waals surface area contributed by atoms with Gasteiger partial charge in [-0.25, -0.2) is 0 Å². The van der Waals surface area contributed by atoms with Crippen molar-refractivity contribution in [3.8, 4) is 0 Å². The van der Waals surface area contributed by atoms with Crippen molar-refractivity contribution in [2.24, 2.45) is 5.41 Å². The summed E-state index contributed by atoms with van der Waals surface area (Å²) in [4.78, 5) is 2.57. The Morgan fingerprint density at radius 1 is 1.37 bits per heavy atom. The maximum atomic E-state index is 6.08. The predicted molar refractivity (Wildman–Crippen MR) is 77.7 cm³/mol. The average molecular weight is 260 g/mol. The lowest BCUT2D eigenvalue weighted by molar-refractivity contribution is -0.151. The van der Waals surface area contributed by atoms with Gasteiger partial charge in [0.05, 0.1) is 6.10 Å². The molecule has 1 heterocycles. The highest BCUT2D eigenvalue weighted by molar-refractivity contribution is 5.52. The summed E-state index contributed by atoms with van der Waals surface area (Å²) >= 11 is 0. The summed E-state index contributed by atoms with van der Waals surface area (Å²) in [6.45, 7) is 9.58. The molecular weight excluding hydrogens is 236 g/mol. The molecular formula is C16H24N2O. The summed E-state index contributed by atoms with van der Waals surface area (Å²) in [5.74, 6) is 0. The molecule has 3 rings (SSSR count). The van der Waals surface area contributed by atoms with Gasteiger partial charge in [0, 0.05) is 36.8 Å². The first-order valence-electron chi connectivity index (χ1n) is 7.26. The van der Waals surface area contributed by atoms with Gasteiger partial charge in [0.25, 0.3) is 0 Å². The monoisotopic (exact) mass is 260 g/mol. The van der Waals surface area contributed by atoms with Gasteiger partial charge in [0.1, 0.15) is 0 Å². The van der Waals surface area contributed by atoms with E-state index in [4.69, 9.17) is 10.5 Å². The minimum Gasteiger partial charge on any atom is -0.398 e. The summed E-state index contributed by atoms with van der Waals surface area (Å²) in [5.41, 5.74) is 10.0. The van der Waals surface area contributed by atoms with Gasteiger partial charge in [0.2, 0.25) is 0 Å². The fraction of sp³-hybridized carbons (Fsp3) is 0.625. The van der Waals surface area contributed by atoms with Gasteiger partial charge in [-0.15, -0.1) is 0 Å². The van der Waals surface area contributed by atoms with E-state index in [0.717, 1.165) is 31.8 Å². The van der Waals surface area contributed by atoms with E-state index in [1.807, 2.05) is 6.07 Å². The highest BCUT2D eigenvalue weighted by Crippen LogP contribution is 2.48. The van der Waals surface area contributed by atoms with Gasteiger partial charge in [-0.2, -0.15) is 0 Å². The number of fused-ring (bicyclic) bond motifs is 1. The number of nitrogens with zero attached hydrogens (tertiary/aromatic N) is 1. The van der Waals surface area contributed by atoms with Crippen LogP contribution in [-0.4, -0.2) is 23.7 Å². The smallest absolute Gasteiger partial charge is 0.0655 e. The zero-order valence-corrected chi connectivity index (χ0v) is 12.1. The molecule has 0 aromatic heterocycles. The minimum absolute atomic E-state index is 0.243. The number of benzene rings is 1. The van der Waals surface area contributed by atoms with Crippen LogP contribution in [-0.2, 0) is 17.8 Å². The van der Waals surface area contributed by atoms with Crippen molar-refractivity contribution >= 4 is 5.69 Å². The molecule has 1 aliphatic heterocycles.